The molecule has 2 aromatic carbocycles. The van der Waals surface area contributed by atoms with Crippen LogP contribution in [0.2, 0.25) is 10.0 Å². The summed E-state index contributed by atoms with van der Waals surface area (Å²) in [7, 11) is 1.91. The van der Waals surface area contributed by atoms with Crippen LogP contribution < -0.4 is 5.32 Å². The highest BCUT2D eigenvalue weighted by atomic mass is 35.5. The second kappa shape index (κ2) is 8.99. The number of anilines is 1. The van der Waals surface area contributed by atoms with E-state index in [0.717, 1.165) is 11.4 Å². The third kappa shape index (κ3) is 4.87. The number of benzene rings is 2. The summed E-state index contributed by atoms with van der Waals surface area (Å²) < 4.78 is 1.93. The van der Waals surface area contributed by atoms with Crippen LogP contribution in [-0.4, -0.2) is 20.7 Å². The zero-order valence-electron chi connectivity index (χ0n) is 15.7. The van der Waals surface area contributed by atoms with E-state index in [0.29, 0.717) is 20.9 Å². The Morgan fingerprint density at radius 2 is 1.71 bits per heavy atom. The Balaban J connectivity index is 1.90. The predicted molar refractivity (Wildman–Crippen MR) is 115 cm³/mol. The molecule has 0 aliphatic heterocycles. The highest BCUT2D eigenvalue weighted by Gasteiger charge is 2.25. The lowest BCUT2D eigenvalue weighted by atomic mass is 10.1. The van der Waals surface area contributed by atoms with Crippen molar-refractivity contribution in [1.82, 2.24) is 14.8 Å². The Labute approximate surface area is 178 Å². The first-order valence-corrected chi connectivity index (χ1v) is 10.4. The molecule has 1 aromatic heterocycles. The zero-order valence-corrected chi connectivity index (χ0v) is 18.0. The molecule has 1 atom stereocenters. The molecule has 0 bridgehead atoms. The average Bonchev–Trinajstić information content (AvgIpc) is 3.00. The second-order valence-corrected chi connectivity index (χ2v) is 8.56. The molecule has 3 aromatic rings. The number of nitrogens with zero attached hydrogens (tertiary/aromatic N) is 3. The molecule has 3 rings (SSSR count). The normalized spacial score (nSPS) is 12.2. The largest absolute Gasteiger partial charge is 0.325 e. The van der Waals surface area contributed by atoms with Crippen LogP contribution in [0.15, 0.2) is 53.7 Å². The second-order valence-electron chi connectivity index (χ2n) is 6.61. The van der Waals surface area contributed by atoms with Gasteiger partial charge in [-0.15, -0.1) is 10.2 Å². The first-order chi connectivity index (χ1) is 13.3. The van der Waals surface area contributed by atoms with Gasteiger partial charge in [-0.2, -0.15) is 0 Å². The van der Waals surface area contributed by atoms with Crippen LogP contribution >= 0.6 is 35.0 Å². The van der Waals surface area contributed by atoms with Gasteiger partial charge < -0.3 is 9.88 Å². The number of carbonyl (C=O) groups is 1. The third-order valence-corrected chi connectivity index (χ3v) is 5.80. The highest BCUT2D eigenvalue weighted by molar-refractivity contribution is 8.00. The Bertz CT molecular complexity index is 955. The van der Waals surface area contributed by atoms with Gasteiger partial charge in [-0.3, -0.25) is 4.79 Å². The van der Waals surface area contributed by atoms with Crippen LogP contribution in [-0.2, 0) is 11.8 Å². The molecule has 0 saturated heterocycles. The minimum Gasteiger partial charge on any atom is -0.325 e. The Kier molecular flexibility index (Phi) is 6.65. The van der Waals surface area contributed by atoms with Gasteiger partial charge in [-0.05, 0) is 23.8 Å². The minimum absolute atomic E-state index is 0.191. The molecule has 0 saturated carbocycles. The molecule has 0 spiro atoms. The van der Waals surface area contributed by atoms with Gasteiger partial charge in [0.15, 0.2) is 5.16 Å². The van der Waals surface area contributed by atoms with Crippen LogP contribution in [0, 0.1) is 0 Å². The molecule has 0 aliphatic carbocycles. The summed E-state index contributed by atoms with van der Waals surface area (Å²) in [5.41, 5.74) is 1.41. The van der Waals surface area contributed by atoms with Gasteiger partial charge in [0, 0.05) is 28.7 Å². The van der Waals surface area contributed by atoms with Gasteiger partial charge >= 0.3 is 0 Å². The molecule has 1 unspecified atom stereocenters. The molecule has 8 heteroatoms. The molecule has 28 heavy (non-hydrogen) atoms. The van der Waals surface area contributed by atoms with Crippen LogP contribution in [0.4, 0.5) is 5.69 Å². The number of nitrogens with one attached hydrogen (secondary N) is 1. The summed E-state index contributed by atoms with van der Waals surface area (Å²) in [5, 5.41) is 12.5. The van der Waals surface area contributed by atoms with E-state index < -0.39 is 5.25 Å². The quantitative estimate of drug-likeness (QED) is 0.504. The first-order valence-electron chi connectivity index (χ1n) is 8.73. The third-order valence-electron chi connectivity index (χ3n) is 4.08. The smallest absolute Gasteiger partial charge is 0.242 e. The van der Waals surface area contributed by atoms with E-state index in [1.165, 1.54) is 11.8 Å². The lowest BCUT2D eigenvalue weighted by molar-refractivity contribution is -0.115. The van der Waals surface area contributed by atoms with E-state index in [4.69, 9.17) is 23.2 Å². The predicted octanol–water partition coefficient (Wildman–Crippen LogP) is 5.72. The van der Waals surface area contributed by atoms with Crippen molar-refractivity contribution in [2.24, 2.45) is 7.05 Å². The van der Waals surface area contributed by atoms with Gasteiger partial charge in [0.2, 0.25) is 5.91 Å². The lowest BCUT2D eigenvalue weighted by Crippen LogP contribution is -2.19. The number of thioether (sulfide) groups is 1. The number of hydrogen-bond donors (Lipinski definition) is 1. The summed E-state index contributed by atoms with van der Waals surface area (Å²) >= 11 is 13.5. The summed E-state index contributed by atoms with van der Waals surface area (Å²) in [5.74, 6) is 0.921. The van der Waals surface area contributed by atoms with Gasteiger partial charge in [-0.1, -0.05) is 79.1 Å². The fourth-order valence-corrected chi connectivity index (χ4v) is 4.31. The lowest BCUT2D eigenvalue weighted by Gasteiger charge is -2.17. The van der Waals surface area contributed by atoms with Crippen molar-refractivity contribution in [3.8, 4) is 0 Å². The van der Waals surface area contributed by atoms with E-state index in [9.17, 15) is 4.79 Å². The van der Waals surface area contributed by atoms with Crippen molar-refractivity contribution in [1.29, 1.82) is 0 Å². The summed E-state index contributed by atoms with van der Waals surface area (Å²) in [6.45, 7) is 4.12. The van der Waals surface area contributed by atoms with Crippen molar-refractivity contribution < 1.29 is 4.79 Å². The van der Waals surface area contributed by atoms with Gasteiger partial charge in [-0.25, -0.2) is 0 Å². The number of amides is 1. The number of carbonyl (C=O) groups excluding carboxylic acids is 1. The minimum atomic E-state index is -0.512. The van der Waals surface area contributed by atoms with Crippen molar-refractivity contribution in [2.45, 2.75) is 30.2 Å². The van der Waals surface area contributed by atoms with E-state index in [-0.39, 0.29) is 11.8 Å². The van der Waals surface area contributed by atoms with Crippen molar-refractivity contribution >= 4 is 46.6 Å². The van der Waals surface area contributed by atoms with Crippen molar-refractivity contribution in [3.63, 3.8) is 0 Å². The fourth-order valence-electron chi connectivity index (χ4n) is 2.77. The molecule has 1 N–H and O–H groups in total. The van der Waals surface area contributed by atoms with E-state index >= 15 is 0 Å². The molecule has 1 heterocycles. The standard InChI is InChI=1S/C20H20Cl2N4OS/c1-12(2)18-24-25-20(26(18)3)28-17(13-7-5-4-6-8-13)19(27)23-16-10-14(21)9-15(22)11-16/h4-12,17H,1-3H3,(H,23,27). The first kappa shape index (κ1) is 20.7. The van der Waals surface area contributed by atoms with Gasteiger partial charge in [0.05, 0.1) is 0 Å². The highest BCUT2D eigenvalue weighted by Crippen LogP contribution is 2.36. The number of halogens is 2. The van der Waals surface area contributed by atoms with E-state index in [2.05, 4.69) is 29.4 Å². The summed E-state index contributed by atoms with van der Waals surface area (Å²) in [6.07, 6.45) is 0. The number of hydrogen-bond acceptors (Lipinski definition) is 4. The SMILES string of the molecule is CC(C)c1nnc(SC(C(=O)Nc2cc(Cl)cc(Cl)c2)c2ccccc2)n1C. The molecule has 0 fully saturated rings. The van der Waals surface area contributed by atoms with E-state index in [1.807, 2.05) is 41.9 Å². The maximum Gasteiger partial charge on any atom is 0.242 e. The van der Waals surface area contributed by atoms with Crippen LogP contribution in [0.1, 0.15) is 36.4 Å². The summed E-state index contributed by atoms with van der Waals surface area (Å²) in [4.78, 5) is 13.1. The average molecular weight is 435 g/mol. The molecule has 0 aliphatic rings. The van der Waals surface area contributed by atoms with Gasteiger partial charge in [0.25, 0.3) is 0 Å². The Morgan fingerprint density at radius 3 is 2.29 bits per heavy atom. The number of rotatable bonds is 6. The molecule has 146 valence electrons. The summed E-state index contributed by atoms with van der Waals surface area (Å²) in [6, 6.07) is 14.5. The van der Waals surface area contributed by atoms with E-state index in [1.54, 1.807) is 18.2 Å². The maximum absolute atomic E-state index is 13.1. The Hall–Kier alpha value is -2.02. The van der Waals surface area contributed by atoms with Crippen LogP contribution in [0.25, 0.3) is 0 Å². The van der Waals surface area contributed by atoms with Crippen LogP contribution in [0.3, 0.4) is 0 Å². The van der Waals surface area contributed by atoms with Crippen molar-refractivity contribution in [2.75, 3.05) is 5.32 Å². The monoisotopic (exact) mass is 434 g/mol. The topological polar surface area (TPSA) is 59.8 Å². The molecule has 1 amide bonds. The Morgan fingerprint density at radius 1 is 1.07 bits per heavy atom. The molecular formula is C20H20Cl2N4OS. The molecule has 5 nitrogen and oxygen atoms in total. The molecule has 0 radical (unpaired) electrons. The molecular weight excluding hydrogens is 415 g/mol. The maximum atomic E-state index is 13.1. The number of aromatic nitrogens is 3. The zero-order chi connectivity index (χ0) is 20.3. The van der Waals surface area contributed by atoms with Crippen molar-refractivity contribution in [3.05, 3.63) is 70.0 Å². The van der Waals surface area contributed by atoms with Crippen LogP contribution in [0.5, 0.6) is 0 Å². The van der Waals surface area contributed by atoms with Gasteiger partial charge in [0.1, 0.15) is 11.1 Å². The fraction of sp³-hybridized carbons (Fsp3) is 0.250.